The molecule has 0 aromatic heterocycles. The average molecular weight is 253 g/mol. The molecule has 2 aliphatic rings. The Hall–Kier alpha value is -1.03. The second kappa shape index (κ2) is 4.33. The Bertz CT molecular complexity index is 488. The lowest BCUT2D eigenvalue weighted by Crippen LogP contribution is -2.44. The summed E-state index contributed by atoms with van der Waals surface area (Å²) in [4.78, 5) is 0. The molecule has 0 fully saturated rings. The zero-order chi connectivity index (χ0) is 12.5. The molecule has 3 nitrogen and oxygen atoms in total. The van der Waals surface area contributed by atoms with Gasteiger partial charge in [-0.1, -0.05) is 29.9 Å². The molecule has 0 amide bonds. The highest BCUT2D eigenvalue weighted by Gasteiger charge is 2.40. The molecule has 0 saturated carbocycles. The van der Waals surface area contributed by atoms with Crippen molar-refractivity contribution in [3.63, 3.8) is 0 Å². The number of hydrogen-bond acceptors (Lipinski definition) is 2. The van der Waals surface area contributed by atoms with Crippen molar-refractivity contribution in [2.45, 2.75) is 37.9 Å². The van der Waals surface area contributed by atoms with Gasteiger partial charge in [0.15, 0.2) is 0 Å². The van der Waals surface area contributed by atoms with E-state index in [1.807, 2.05) is 31.2 Å². The molecule has 1 unspecified atom stereocenters. The first kappa shape index (κ1) is 12.4. The lowest BCUT2D eigenvalue weighted by Gasteiger charge is -2.34. The van der Waals surface area contributed by atoms with Crippen LogP contribution in [0.4, 0.5) is 0 Å². The van der Waals surface area contributed by atoms with Crippen LogP contribution in [0.15, 0.2) is 36.1 Å². The minimum absolute atomic E-state index is 0.553. The van der Waals surface area contributed by atoms with E-state index in [9.17, 15) is 8.42 Å². The molecule has 0 bridgehead atoms. The van der Waals surface area contributed by atoms with E-state index in [0.29, 0.717) is 13.0 Å². The highest BCUT2D eigenvalue weighted by molar-refractivity contribution is 7.90. The van der Waals surface area contributed by atoms with Crippen molar-refractivity contribution in [3.8, 4) is 0 Å². The Labute approximate surface area is 104 Å². The van der Waals surface area contributed by atoms with Crippen LogP contribution in [0.2, 0.25) is 0 Å². The van der Waals surface area contributed by atoms with Crippen LogP contribution in [-0.4, -0.2) is 24.0 Å². The van der Waals surface area contributed by atoms with Crippen LogP contribution in [0, 0.1) is 0 Å². The lowest BCUT2D eigenvalue weighted by molar-refractivity contribution is 0.454. The van der Waals surface area contributed by atoms with E-state index >= 15 is 0 Å². The van der Waals surface area contributed by atoms with Crippen LogP contribution in [0.25, 0.3) is 0 Å². The molecule has 0 saturated heterocycles. The van der Waals surface area contributed by atoms with Gasteiger partial charge in [-0.3, -0.25) is 4.31 Å². The SMILES string of the molecule is CC1=CC(C)(S(=O)(=O)N2C=CCCC2)CC=C1. The Morgan fingerprint density at radius 3 is 2.71 bits per heavy atom. The predicted molar refractivity (Wildman–Crippen MR) is 69.9 cm³/mol. The second-order valence-electron chi connectivity index (χ2n) is 4.95. The highest BCUT2D eigenvalue weighted by Crippen LogP contribution is 2.32. The van der Waals surface area contributed by atoms with E-state index in [1.165, 1.54) is 4.31 Å². The standard InChI is InChI=1S/C13H19NO2S/c1-12-7-6-8-13(2,11-12)17(15,16)14-9-4-3-5-10-14/h4,6-7,9,11H,3,5,8,10H2,1-2H3. The summed E-state index contributed by atoms with van der Waals surface area (Å²) in [5.41, 5.74) is 1.02. The van der Waals surface area contributed by atoms with E-state index in [4.69, 9.17) is 0 Å². The first-order valence-corrected chi connectivity index (χ1v) is 7.44. The molecule has 0 radical (unpaired) electrons. The number of allylic oxidation sites excluding steroid dienone is 4. The fraction of sp³-hybridized carbons (Fsp3) is 0.538. The molecule has 0 N–H and O–H groups in total. The topological polar surface area (TPSA) is 37.4 Å². The van der Waals surface area contributed by atoms with Crippen molar-refractivity contribution in [1.82, 2.24) is 4.31 Å². The molecule has 1 atom stereocenters. The molecule has 1 aliphatic heterocycles. The van der Waals surface area contributed by atoms with Gasteiger partial charge in [-0.2, -0.15) is 0 Å². The summed E-state index contributed by atoms with van der Waals surface area (Å²) >= 11 is 0. The molecule has 0 aromatic rings. The normalized spacial score (nSPS) is 29.3. The van der Waals surface area contributed by atoms with Crippen LogP contribution in [0.1, 0.15) is 33.1 Å². The second-order valence-corrected chi connectivity index (χ2v) is 7.30. The summed E-state index contributed by atoms with van der Waals surface area (Å²) in [5, 5.41) is 0. The summed E-state index contributed by atoms with van der Waals surface area (Å²) in [6.45, 7) is 4.35. The van der Waals surface area contributed by atoms with Crippen molar-refractivity contribution < 1.29 is 8.42 Å². The molecular formula is C13H19NO2S. The Morgan fingerprint density at radius 1 is 1.35 bits per heavy atom. The van der Waals surface area contributed by atoms with Crippen molar-refractivity contribution in [3.05, 3.63) is 36.1 Å². The van der Waals surface area contributed by atoms with Gasteiger partial charge in [0.25, 0.3) is 0 Å². The largest absolute Gasteiger partial charge is 0.277 e. The smallest absolute Gasteiger partial charge is 0.244 e. The summed E-state index contributed by atoms with van der Waals surface area (Å²) in [6.07, 6.45) is 11.9. The fourth-order valence-corrected chi connectivity index (χ4v) is 4.14. The monoisotopic (exact) mass is 253 g/mol. The Morgan fingerprint density at radius 2 is 2.12 bits per heavy atom. The van der Waals surface area contributed by atoms with Gasteiger partial charge in [0.2, 0.25) is 10.0 Å². The van der Waals surface area contributed by atoms with Gasteiger partial charge in [0.1, 0.15) is 4.75 Å². The van der Waals surface area contributed by atoms with Crippen LogP contribution >= 0.6 is 0 Å². The lowest BCUT2D eigenvalue weighted by atomic mass is 9.98. The molecule has 1 heterocycles. The van der Waals surface area contributed by atoms with Gasteiger partial charge in [-0.25, -0.2) is 8.42 Å². The predicted octanol–water partition coefficient (Wildman–Crippen LogP) is 2.59. The number of rotatable bonds is 2. The maximum absolute atomic E-state index is 12.6. The number of hydrogen-bond donors (Lipinski definition) is 0. The van der Waals surface area contributed by atoms with Crippen LogP contribution < -0.4 is 0 Å². The van der Waals surface area contributed by atoms with Crippen LogP contribution in [0.3, 0.4) is 0 Å². The number of nitrogens with zero attached hydrogens (tertiary/aromatic N) is 1. The average Bonchev–Trinajstić information content (AvgIpc) is 2.29. The van der Waals surface area contributed by atoms with E-state index in [-0.39, 0.29) is 0 Å². The Balaban J connectivity index is 2.35. The number of sulfonamides is 1. The summed E-state index contributed by atoms with van der Waals surface area (Å²) in [6, 6.07) is 0. The molecule has 4 heteroatoms. The van der Waals surface area contributed by atoms with Gasteiger partial charge in [-0.15, -0.1) is 0 Å². The zero-order valence-electron chi connectivity index (χ0n) is 10.4. The van der Waals surface area contributed by atoms with Gasteiger partial charge in [-0.05, 0) is 33.1 Å². The fourth-order valence-electron chi connectivity index (χ4n) is 2.35. The minimum Gasteiger partial charge on any atom is -0.277 e. The van der Waals surface area contributed by atoms with Gasteiger partial charge < -0.3 is 0 Å². The van der Waals surface area contributed by atoms with Crippen LogP contribution in [-0.2, 0) is 10.0 Å². The van der Waals surface area contributed by atoms with E-state index in [1.54, 1.807) is 13.1 Å². The summed E-state index contributed by atoms with van der Waals surface area (Å²) in [7, 11) is -3.30. The maximum atomic E-state index is 12.6. The molecule has 1 aliphatic carbocycles. The Kier molecular flexibility index (Phi) is 3.17. The third kappa shape index (κ3) is 2.18. The summed E-state index contributed by atoms with van der Waals surface area (Å²) < 4.78 is 25.9. The van der Waals surface area contributed by atoms with Crippen molar-refractivity contribution in [2.24, 2.45) is 0 Å². The third-order valence-electron chi connectivity index (χ3n) is 3.36. The van der Waals surface area contributed by atoms with Crippen molar-refractivity contribution in [1.29, 1.82) is 0 Å². The zero-order valence-corrected chi connectivity index (χ0v) is 11.2. The molecule has 2 rings (SSSR count). The first-order valence-electron chi connectivity index (χ1n) is 6.00. The molecule has 94 valence electrons. The highest BCUT2D eigenvalue weighted by atomic mass is 32.2. The van der Waals surface area contributed by atoms with Gasteiger partial charge in [0, 0.05) is 12.7 Å². The quantitative estimate of drug-likeness (QED) is 0.758. The molecule has 17 heavy (non-hydrogen) atoms. The molecule has 0 aromatic carbocycles. The van der Waals surface area contributed by atoms with Crippen LogP contribution in [0.5, 0.6) is 0 Å². The minimum atomic E-state index is -3.30. The van der Waals surface area contributed by atoms with Crippen molar-refractivity contribution >= 4 is 10.0 Å². The summed E-state index contributed by atoms with van der Waals surface area (Å²) in [5.74, 6) is 0. The van der Waals surface area contributed by atoms with E-state index in [0.717, 1.165) is 18.4 Å². The van der Waals surface area contributed by atoms with Gasteiger partial charge >= 0.3 is 0 Å². The van der Waals surface area contributed by atoms with Crippen molar-refractivity contribution in [2.75, 3.05) is 6.54 Å². The maximum Gasteiger partial charge on any atom is 0.244 e. The molecule has 0 spiro atoms. The molecular weight excluding hydrogens is 234 g/mol. The third-order valence-corrected chi connectivity index (χ3v) is 5.74. The van der Waals surface area contributed by atoms with E-state index < -0.39 is 14.8 Å². The van der Waals surface area contributed by atoms with E-state index in [2.05, 4.69) is 0 Å². The van der Waals surface area contributed by atoms with Gasteiger partial charge in [0.05, 0.1) is 0 Å². The first-order chi connectivity index (χ1) is 7.96.